The molecular weight excluding hydrogens is 328 g/mol. The number of aliphatic imine (C=N–C) groups is 1. The maximum atomic E-state index is 11.7. The van der Waals surface area contributed by atoms with E-state index in [1.165, 1.54) is 6.26 Å². The van der Waals surface area contributed by atoms with Crippen molar-refractivity contribution in [1.82, 2.24) is 15.2 Å². The lowest BCUT2D eigenvalue weighted by atomic mass is 10.3. The molecule has 1 amide bonds. The van der Waals surface area contributed by atoms with Gasteiger partial charge in [0.15, 0.2) is 16.9 Å². The van der Waals surface area contributed by atoms with Crippen LogP contribution in [-0.2, 0) is 0 Å². The summed E-state index contributed by atoms with van der Waals surface area (Å²) in [5, 5.41) is 5.77. The molecule has 0 spiro atoms. The van der Waals surface area contributed by atoms with Crippen LogP contribution >= 0.6 is 11.3 Å². The molecule has 0 bridgehead atoms. The summed E-state index contributed by atoms with van der Waals surface area (Å²) in [6.07, 6.45) is 3.29. The van der Waals surface area contributed by atoms with Gasteiger partial charge in [-0.05, 0) is 12.1 Å². The number of nitrogens with two attached hydrogens (primary N) is 1. The Bertz CT molecular complexity index is 662. The van der Waals surface area contributed by atoms with Gasteiger partial charge < -0.3 is 25.3 Å². The third-order valence-electron chi connectivity index (χ3n) is 3.71. The van der Waals surface area contributed by atoms with Crippen molar-refractivity contribution in [1.29, 1.82) is 0 Å². The molecule has 1 fully saturated rings. The highest BCUT2D eigenvalue weighted by Gasteiger charge is 2.19. The van der Waals surface area contributed by atoms with Gasteiger partial charge in [0, 0.05) is 44.3 Å². The molecule has 2 aromatic heterocycles. The number of carbonyl (C=O) groups excluding carboxylic acids is 1. The molecule has 3 heterocycles. The van der Waals surface area contributed by atoms with Crippen molar-refractivity contribution >= 4 is 28.3 Å². The minimum atomic E-state index is -0.245. The van der Waals surface area contributed by atoms with E-state index >= 15 is 0 Å². The topological polar surface area (TPSA) is 100.0 Å². The second-order valence-electron chi connectivity index (χ2n) is 5.26. The van der Waals surface area contributed by atoms with Crippen LogP contribution in [0.25, 0.3) is 0 Å². The number of hydrogen-bond donors (Lipinski definition) is 2. The monoisotopic (exact) mass is 348 g/mol. The fourth-order valence-corrected chi connectivity index (χ4v) is 3.13. The van der Waals surface area contributed by atoms with E-state index in [0.29, 0.717) is 24.8 Å². The molecule has 128 valence electrons. The Hall–Kier alpha value is -2.55. The molecule has 9 heteroatoms. The van der Waals surface area contributed by atoms with Crippen LogP contribution in [0.1, 0.15) is 10.6 Å². The maximum absolute atomic E-state index is 11.7. The zero-order chi connectivity index (χ0) is 16.8. The third kappa shape index (κ3) is 4.05. The number of anilines is 1. The Morgan fingerprint density at radius 2 is 2.25 bits per heavy atom. The first kappa shape index (κ1) is 16.3. The first-order valence-corrected chi connectivity index (χ1v) is 8.63. The summed E-state index contributed by atoms with van der Waals surface area (Å²) < 4.78 is 5.02. The van der Waals surface area contributed by atoms with Crippen LogP contribution in [0.5, 0.6) is 0 Å². The van der Waals surface area contributed by atoms with E-state index in [0.717, 1.165) is 31.3 Å². The van der Waals surface area contributed by atoms with Gasteiger partial charge >= 0.3 is 0 Å². The molecule has 3 N–H and O–H groups in total. The molecule has 1 aliphatic heterocycles. The Kier molecular flexibility index (Phi) is 5.32. The highest BCUT2D eigenvalue weighted by molar-refractivity contribution is 7.13. The SMILES string of the molecule is NC(=NCCNC(=O)c1ccco1)N1CCN(c2nccs2)CC1. The van der Waals surface area contributed by atoms with Crippen molar-refractivity contribution < 1.29 is 9.21 Å². The standard InChI is InChI=1S/C15H20N6O2S/c16-14(18-4-3-17-13(22)12-2-1-10-23-12)20-6-8-21(9-7-20)15-19-5-11-24-15/h1-2,5,10-11H,3-4,6-9H2,(H2,16,18)(H,17,22). The van der Waals surface area contributed by atoms with E-state index in [9.17, 15) is 4.79 Å². The Balaban J connectivity index is 1.39. The van der Waals surface area contributed by atoms with Crippen LogP contribution in [0.15, 0.2) is 39.4 Å². The normalized spacial score (nSPS) is 15.6. The van der Waals surface area contributed by atoms with E-state index in [-0.39, 0.29) is 5.91 Å². The summed E-state index contributed by atoms with van der Waals surface area (Å²) in [5.74, 6) is 0.567. The number of hydrogen-bond acceptors (Lipinski definition) is 6. The highest BCUT2D eigenvalue weighted by Crippen LogP contribution is 2.18. The maximum Gasteiger partial charge on any atom is 0.287 e. The number of aromatic nitrogens is 1. The van der Waals surface area contributed by atoms with Crippen molar-refractivity contribution in [2.24, 2.45) is 10.7 Å². The van der Waals surface area contributed by atoms with Gasteiger partial charge in [-0.3, -0.25) is 9.79 Å². The molecular formula is C15H20N6O2S. The van der Waals surface area contributed by atoms with E-state index in [2.05, 4.69) is 25.1 Å². The molecule has 0 unspecified atom stereocenters. The molecule has 1 saturated heterocycles. The van der Waals surface area contributed by atoms with Gasteiger partial charge in [-0.1, -0.05) is 0 Å². The molecule has 1 aliphatic rings. The zero-order valence-electron chi connectivity index (χ0n) is 13.2. The molecule has 0 radical (unpaired) electrons. The van der Waals surface area contributed by atoms with Gasteiger partial charge in [0.05, 0.1) is 12.8 Å². The minimum absolute atomic E-state index is 0.245. The number of rotatable bonds is 5. The van der Waals surface area contributed by atoms with E-state index < -0.39 is 0 Å². The first-order chi connectivity index (χ1) is 11.7. The summed E-state index contributed by atoms with van der Waals surface area (Å²) >= 11 is 1.64. The van der Waals surface area contributed by atoms with Crippen molar-refractivity contribution in [2.75, 3.05) is 44.2 Å². The molecule has 3 rings (SSSR count). The molecule has 2 aromatic rings. The number of furan rings is 1. The number of carbonyl (C=O) groups is 1. The number of nitrogens with one attached hydrogen (secondary N) is 1. The van der Waals surface area contributed by atoms with Gasteiger partial charge in [0.25, 0.3) is 5.91 Å². The van der Waals surface area contributed by atoms with Gasteiger partial charge in [-0.2, -0.15) is 0 Å². The second kappa shape index (κ2) is 7.82. The minimum Gasteiger partial charge on any atom is -0.459 e. The van der Waals surface area contributed by atoms with E-state index in [4.69, 9.17) is 10.2 Å². The van der Waals surface area contributed by atoms with Crippen LogP contribution in [0, 0.1) is 0 Å². The van der Waals surface area contributed by atoms with Gasteiger partial charge in [-0.15, -0.1) is 11.3 Å². The van der Waals surface area contributed by atoms with E-state index in [1.807, 2.05) is 11.6 Å². The molecule has 0 aliphatic carbocycles. The number of thiazole rings is 1. The Morgan fingerprint density at radius 1 is 1.42 bits per heavy atom. The van der Waals surface area contributed by atoms with Gasteiger partial charge in [0.1, 0.15) is 0 Å². The average Bonchev–Trinajstić information content (AvgIpc) is 3.32. The lowest BCUT2D eigenvalue weighted by Gasteiger charge is -2.35. The van der Waals surface area contributed by atoms with Crippen LogP contribution in [0.2, 0.25) is 0 Å². The second-order valence-corrected chi connectivity index (χ2v) is 6.13. The predicted molar refractivity (Wildman–Crippen MR) is 93.4 cm³/mol. The zero-order valence-corrected chi connectivity index (χ0v) is 14.0. The van der Waals surface area contributed by atoms with Gasteiger partial charge in [-0.25, -0.2) is 4.98 Å². The number of nitrogens with zero attached hydrogens (tertiary/aromatic N) is 4. The fraction of sp³-hybridized carbons (Fsp3) is 0.400. The van der Waals surface area contributed by atoms with Crippen LogP contribution < -0.4 is 16.0 Å². The molecule has 8 nitrogen and oxygen atoms in total. The Morgan fingerprint density at radius 3 is 2.92 bits per heavy atom. The van der Waals surface area contributed by atoms with Crippen LogP contribution in [-0.4, -0.2) is 61.0 Å². The van der Waals surface area contributed by atoms with Crippen molar-refractivity contribution in [3.8, 4) is 0 Å². The highest BCUT2D eigenvalue weighted by atomic mass is 32.1. The first-order valence-electron chi connectivity index (χ1n) is 7.75. The largest absolute Gasteiger partial charge is 0.459 e. The van der Waals surface area contributed by atoms with E-state index in [1.54, 1.807) is 23.5 Å². The number of guanidine groups is 1. The summed E-state index contributed by atoms with van der Waals surface area (Å²) in [6.45, 7) is 4.23. The lowest BCUT2D eigenvalue weighted by Crippen LogP contribution is -2.51. The smallest absolute Gasteiger partial charge is 0.287 e. The summed E-state index contributed by atoms with van der Waals surface area (Å²) in [4.78, 5) is 24.7. The third-order valence-corrected chi connectivity index (χ3v) is 4.54. The summed E-state index contributed by atoms with van der Waals surface area (Å²) in [6, 6.07) is 3.30. The number of piperazine rings is 1. The molecule has 0 aromatic carbocycles. The molecule has 0 saturated carbocycles. The summed E-state index contributed by atoms with van der Waals surface area (Å²) in [5.41, 5.74) is 6.04. The van der Waals surface area contributed by atoms with Crippen molar-refractivity contribution in [3.05, 3.63) is 35.7 Å². The lowest BCUT2D eigenvalue weighted by molar-refractivity contribution is 0.0927. The number of amides is 1. The van der Waals surface area contributed by atoms with Crippen LogP contribution in [0.4, 0.5) is 5.13 Å². The van der Waals surface area contributed by atoms with Crippen LogP contribution in [0.3, 0.4) is 0 Å². The average molecular weight is 348 g/mol. The molecule has 0 atom stereocenters. The summed E-state index contributed by atoms with van der Waals surface area (Å²) in [7, 11) is 0. The van der Waals surface area contributed by atoms with Crippen molar-refractivity contribution in [2.45, 2.75) is 0 Å². The molecule has 24 heavy (non-hydrogen) atoms. The Labute approximate surface area is 144 Å². The predicted octanol–water partition coefficient (Wildman–Crippen LogP) is 0.603. The van der Waals surface area contributed by atoms with Crippen molar-refractivity contribution in [3.63, 3.8) is 0 Å². The fourth-order valence-electron chi connectivity index (χ4n) is 2.43. The van der Waals surface area contributed by atoms with Gasteiger partial charge in [0.2, 0.25) is 0 Å². The quantitative estimate of drug-likeness (QED) is 0.466.